The summed E-state index contributed by atoms with van der Waals surface area (Å²) in [5.74, 6) is -1.07. The summed E-state index contributed by atoms with van der Waals surface area (Å²) in [7, 11) is 0. The standard InChI is InChI=1S/C13H20N4O4/c1-13(3-2-6-21-8-13)16-12(20)14-4-5-17-7-10(11(18)19)15-9-17/h7,9H,2-6,8H2,1H3,(H,18,19)(H2,14,16,20). The number of carbonyl (C=O) groups excluding carboxylic acids is 1. The van der Waals surface area contributed by atoms with Crippen molar-refractivity contribution in [1.29, 1.82) is 0 Å². The Kier molecular flexibility index (Phi) is 4.79. The molecular weight excluding hydrogens is 276 g/mol. The zero-order valence-electron chi connectivity index (χ0n) is 12.0. The van der Waals surface area contributed by atoms with E-state index in [2.05, 4.69) is 15.6 Å². The molecule has 0 spiro atoms. The van der Waals surface area contributed by atoms with Crippen molar-refractivity contribution >= 4 is 12.0 Å². The smallest absolute Gasteiger partial charge is 0.356 e. The van der Waals surface area contributed by atoms with Gasteiger partial charge in [0.15, 0.2) is 5.69 Å². The third-order valence-corrected chi connectivity index (χ3v) is 3.36. The van der Waals surface area contributed by atoms with Gasteiger partial charge in [-0.2, -0.15) is 0 Å². The first kappa shape index (κ1) is 15.3. The second-order valence-electron chi connectivity index (χ2n) is 5.40. The Hall–Kier alpha value is -2.09. The van der Waals surface area contributed by atoms with Crippen LogP contribution in [0.25, 0.3) is 0 Å². The molecule has 1 aliphatic heterocycles. The summed E-state index contributed by atoms with van der Waals surface area (Å²) in [6.07, 6.45) is 4.69. The highest BCUT2D eigenvalue weighted by atomic mass is 16.5. The number of ether oxygens (including phenoxy) is 1. The Bertz CT molecular complexity index is 508. The quantitative estimate of drug-likeness (QED) is 0.731. The van der Waals surface area contributed by atoms with E-state index in [1.807, 2.05) is 6.92 Å². The number of hydrogen-bond donors (Lipinski definition) is 3. The summed E-state index contributed by atoms with van der Waals surface area (Å²) < 4.78 is 6.99. The SMILES string of the molecule is CC1(NC(=O)NCCn2cnc(C(=O)O)c2)CCCOC1. The maximum Gasteiger partial charge on any atom is 0.356 e. The number of hydrogen-bond acceptors (Lipinski definition) is 4. The average Bonchev–Trinajstić information content (AvgIpc) is 2.88. The van der Waals surface area contributed by atoms with Gasteiger partial charge in [-0.15, -0.1) is 0 Å². The molecule has 8 nitrogen and oxygen atoms in total. The van der Waals surface area contributed by atoms with Crippen molar-refractivity contribution in [3.05, 3.63) is 18.2 Å². The minimum Gasteiger partial charge on any atom is -0.476 e. The van der Waals surface area contributed by atoms with Gasteiger partial charge in [0.05, 0.1) is 18.5 Å². The predicted molar refractivity (Wildman–Crippen MR) is 74.2 cm³/mol. The lowest BCUT2D eigenvalue weighted by atomic mass is 9.95. The van der Waals surface area contributed by atoms with Crippen molar-refractivity contribution in [2.45, 2.75) is 31.8 Å². The molecule has 1 aromatic heterocycles. The van der Waals surface area contributed by atoms with Crippen molar-refractivity contribution in [3.63, 3.8) is 0 Å². The molecule has 1 aromatic rings. The topological polar surface area (TPSA) is 105 Å². The highest BCUT2D eigenvalue weighted by Gasteiger charge is 2.29. The molecule has 3 N–H and O–H groups in total. The van der Waals surface area contributed by atoms with E-state index < -0.39 is 5.97 Å². The molecule has 21 heavy (non-hydrogen) atoms. The Labute approximate surface area is 122 Å². The van der Waals surface area contributed by atoms with Crippen LogP contribution in [0.1, 0.15) is 30.3 Å². The highest BCUT2D eigenvalue weighted by molar-refractivity contribution is 5.84. The number of carboxylic acids is 1. The fraction of sp³-hybridized carbons (Fsp3) is 0.615. The monoisotopic (exact) mass is 296 g/mol. The number of amides is 2. The number of rotatable bonds is 5. The number of carboxylic acid groups (broad SMARTS) is 1. The van der Waals surface area contributed by atoms with Gasteiger partial charge >= 0.3 is 12.0 Å². The predicted octanol–water partition coefficient (Wildman–Crippen LogP) is 0.450. The Morgan fingerprint density at radius 3 is 3.00 bits per heavy atom. The number of nitrogens with zero attached hydrogens (tertiary/aromatic N) is 2. The lowest BCUT2D eigenvalue weighted by Crippen LogP contribution is -2.54. The van der Waals surface area contributed by atoms with E-state index in [4.69, 9.17) is 9.84 Å². The second kappa shape index (κ2) is 6.57. The first-order valence-electron chi connectivity index (χ1n) is 6.87. The van der Waals surface area contributed by atoms with Crippen LogP contribution >= 0.6 is 0 Å². The fourth-order valence-corrected chi connectivity index (χ4v) is 2.24. The van der Waals surface area contributed by atoms with E-state index >= 15 is 0 Å². The average molecular weight is 296 g/mol. The van der Waals surface area contributed by atoms with Gasteiger partial charge in [-0.3, -0.25) is 0 Å². The number of aromatic carboxylic acids is 1. The Morgan fingerprint density at radius 2 is 2.38 bits per heavy atom. The highest BCUT2D eigenvalue weighted by Crippen LogP contribution is 2.17. The lowest BCUT2D eigenvalue weighted by molar-refractivity contribution is 0.0333. The van der Waals surface area contributed by atoms with Crippen LogP contribution in [-0.4, -0.2) is 52.0 Å². The van der Waals surface area contributed by atoms with E-state index in [1.165, 1.54) is 12.5 Å². The van der Waals surface area contributed by atoms with Crippen LogP contribution in [0.4, 0.5) is 4.79 Å². The molecule has 1 saturated heterocycles. The molecular formula is C13H20N4O4. The van der Waals surface area contributed by atoms with Crippen molar-refractivity contribution in [2.24, 2.45) is 0 Å². The largest absolute Gasteiger partial charge is 0.476 e. The van der Waals surface area contributed by atoms with Crippen LogP contribution in [0.3, 0.4) is 0 Å². The van der Waals surface area contributed by atoms with E-state index in [0.29, 0.717) is 19.7 Å². The summed E-state index contributed by atoms with van der Waals surface area (Å²) in [5, 5.41) is 14.4. The van der Waals surface area contributed by atoms with Crippen LogP contribution in [0.2, 0.25) is 0 Å². The zero-order valence-corrected chi connectivity index (χ0v) is 12.0. The van der Waals surface area contributed by atoms with E-state index in [1.54, 1.807) is 4.57 Å². The summed E-state index contributed by atoms with van der Waals surface area (Å²) >= 11 is 0. The summed E-state index contributed by atoms with van der Waals surface area (Å²) in [5.41, 5.74) is -0.334. The third-order valence-electron chi connectivity index (χ3n) is 3.36. The van der Waals surface area contributed by atoms with Crippen LogP contribution in [0, 0.1) is 0 Å². The molecule has 1 aliphatic rings. The first-order chi connectivity index (χ1) is 9.98. The van der Waals surface area contributed by atoms with Gasteiger partial charge in [0.1, 0.15) is 0 Å². The van der Waals surface area contributed by atoms with E-state index in [0.717, 1.165) is 19.4 Å². The number of carbonyl (C=O) groups is 2. The van der Waals surface area contributed by atoms with Gasteiger partial charge in [-0.25, -0.2) is 14.6 Å². The Balaban J connectivity index is 1.72. The van der Waals surface area contributed by atoms with Crippen molar-refractivity contribution in [1.82, 2.24) is 20.2 Å². The summed E-state index contributed by atoms with van der Waals surface area (Å²) in [6.45, 7) is 4.06. The van der Waals surface area contributed by atoms with Crippen LogP contribution < -0.4 is 10.6 Å². The zero-order chi connectivity index (χ0) is 15.3. The van der Waals surface area contributed by atoms with Gasteiger partial charge < -0.3 is 25.0 Å². The molecule has 1 fully saturated rings. The van der Waals surface area contributed by atoms with Crippen LogP contribution in [0.5, 0.6) is 0 Å². The molecule has 1 atom stereocenters. The molecule has 0 saturated carbocycles. The molecule has 2 rings (SSSR count). The third kappa shape index (κ3) is 4.45. The minimum atomic E-state index is -1.07. The van der Waals surface area contributed by atoms with Crippen molar-refractivity contribution < 1.29 is 19.4 Å². The summed E-state index contributed by atoms with van der Waals surface area (Å²) in [4.78, 5) is 26.2. The fourth-order valence-electron chi connectivity index (χ4n) is 2.24. The molecule has 2 amide bonds. The maximum absolute atomic E-state index is 11.8. The van der Waals surface area contributed by atoms with E-state index in [-0.39, 0.29) is 17.3 Å². The normalized spacial score (nSPS) is 21.8. The second-order valence-corrected chi connectivity index (χ2v) is 5.40. The molecule has 2 heterocycles. The van der Waals surface area contributed by atoms with Crippen LogP contribution in [0.15, 0.2) is 12.5 Å². The van der Waals surface area contributed by atoms with Gasteiger partial charge in [-0.05, 0) is 19.8 Å². The van der Waals surface area contributed by atoms with Crippen molar-refractivity contribution in [2.75, 3.05) is 19.8 Å². The molecule has 1 unspecified atom stereocenters. The number of urea groups is 1. The van der Waals surface area contributed by atoms with Crippen molar-refractivity contribution in [3.8, 4) is 0 Å². The van der Waals surface area contributed by atoms with Gasteiger partial charge in [0.2, 0.25) is 0 Å². The molecule has 116 valence electrons. The first-order valence-corrected chi connectivity index (χ1v) is 6.87. The maximum atomic E-state index is 11.8. The number of nitrogens with one attached hydrogen (secondary N) is 2. The molecule has 0 aliphatic carbocycles. The molecule has 0 radical (unpaired) electrons. The minimum absolute atomic E-state index is 0.00804. The van der Waals surface area contributed by atoms with E-state index in [9.17, 15) is 9.59 Å². The molecule has 0 aromatic carbocycles. The Morgan fingerprint density at radius 1 is 1.57 bits per heavy atom. The van der Waals surface area contributed by atoms with Gasteiger partial charge in [0, 0.05) is 25.9 Å². The molecule has 0 bridgehead atoms. The number of imidazole rings is 1. The lowest BCUT2D eigenvalue weighted by Gasteiger charge is -2.34. The molecule has 8 heteroatoms. The van der Waals surface area contributed by atoms with Gasteiger partial charge in [-0.1, -0.05) is 0 Å². The number of aromatic nitrogens is 2. The van der Waals surface area contributed by atoms with Gasteiger partial charge in [0.25, 0.3) is 0 Å². The van der Waals surface area contributed by atoms with Crippen LogP contribution in [-0.2, 0) is 11.3 Å². The summed E-state index contributed by atoms with van der Waals surface area (Å²) in [6, 6.07) is -0.249.